The van der Waals surface area contributed by atoms with Crippen LogP contribution in [0.5, 0.6) is 0 Å². The number of ketones is 1. The molecule has 1 aliphatic heterocycles. The van der Waals surface area contributed by atoms with Gasteiger partial charge in [-0.1, -0.05) is 11.6 Å². The highest BCUT2D eigenvalue weighted by Crippen LogP contribution is 2.39. The smallest absolute Gasteiger partial charge is 0.294 e. The van der Waals surface area contributed by atoms with Crippen LogP contribution in [-0.2, 0) is 9.84 Å². The molecule has 8 heteroatoms. The molecule has 0 saturated carbocycles. The number of carbonyl (C=O) groups is 1. The molecule has 0 spiro atoms. The molecule has 1 heterocycles. The molecule has 0 radical (unpaired) electrons. The number of sulfone groups is 1. The zero-order chi connectivity index (χ0) is 13.7. The van der Waals surface area contributed by atoms with E-state index in [-0.39, 0.29) is 10.6 Å². The third-order valence-corrected chi connectivity index (χ3v) is 5.03. The van der Waals surface area contributed by atoms with Crippen molar-refractivity contribution in [2.75, 3.05) is 0 Å². The molecule has 1 aromatic rings. The number of rotatable bonds is 0. The second-order valence-electron chi connectivity index (χ2n) is 3.84. The summed E-state index contributed by atoms with van der Waals surface area (Å²) < 4.78 is 61.6. The highest BCUT2D eigenvalue weighted by molar-refractivity contribution is 7.92. The van der Waals surface area contributed by atoms with Gasteiger partial charge in [-0.3, -0.25) is 4.79 Å². The van der Waals surface area contributed by atoms with Crippen molar-refractivity contribution < 1.29 is 26.4 Å². The van der Waals surface area contributed by atoms with Crippen LogP contribution in [0.3, 0.4) is 0 Å². The molecule has 2 rings (SSSR count). The van der Waals surface area contributed by atoms with Crippen LogP contribution in [0.1, 0.15) is 16.8 Å². The van der Waals surface area contributed by atoms with Gasteiger partial charge in [0.25, 0.3) is 0 Å². The molecule has 0 N–H and O–H groups in total. The second-order valence-corrected chi connectivity index (χ2v) is 6.38. The first-order chi connectivity index (χ1) is 8.14. The van der Waals surface area contributed by atoms with E-state index in [0.717, 1.165) is 12.1 Å². The van der Waals surface area contributed by atoms with E-state index in [0.29, 0.717) is 0 Å². The van der Waals surface area contributed by atoms with Crippen molar-refractivity contribution in [3.05, 3.63) is 28.8 Å². The normalized spacial score (nSPS) is 22.7. The Kier molecular flexibility index (Phi) is 2.94. The largest absolute Gasteiger partial charge is 0.406 e. The van der Waals surface area contributed by atoms with Gasteiger partial charge >= 0.3 is 6.18 Å². The average Bonchev–Trinajstić information content (AvgIpc) is 2.22. The lowest BCUT2D eigenvalue weighted by atomic mass is 10.1. The van der Waals surface area contributed by atoms with Crippen molar-refractivity contribution in [1.29, 1.82) is 0 Å². The zero-order valence-corrected chi connectivity index (χ0v) is 10.2. The number of alkyl halides is 3. The van der Waals surface area contributed by atoms with Gasteiger partial charge in [-0.05, 0) is 18.2 Å². The van der Waals surface area contributed by atoms with Crippen LogP contribution < -0.4 is 0 Å². The number of hydrogen-bond donors (Lipinski definition) is 0. The first-order valence-corrected chi connectivity index (χ1v) is 6.70. The Balaban J connectivity index is 2.71. The Morgan fingerprint density at radius 3 is 2.44 bits per heavy atom. The van der Waals surface area contributed by atoms with Crippen LogP contribution in [-0.4, -0.2) is 25.6 Å². The molecular weight excluding hydrogens is 293 g/mol. The predicted molar refractivity (Wildman–Crippen MR) is 57.4 cm³/mol. The first-order valence-electron chi connectivity index (χ1n) is 4.77. The van der Waals surface area contributed by atoms with Gasteiger partial charge in [0.2, 0.25) is 0 Å². The average molecular weight is 299 g/mol. The van der Waals surface area contributed by atoms with Gasteiger partial charge in [0.15, 0.2) is 20.9 Å². The lowest BCUT2D eigenvalue weighted by Crippen LogP contribution is -2.42. The van der Waals surface area contributed by atoms with Crippen molar-refractivity contribution in [2.24, 2.45) is 0 Å². The summed E-state index contributed by atoms with van der Waals surface area (Å²) in [4.78, 5) is 10.9. The highest BCUT2D eigenvalue weighted by atomic mass is 35.5. The number of halogens is 4. The van der Waals surface area contributed by atoms with Crippen molar-refractivity contribution in [3.8, 4) is 0 Å². The SMILES string of the molecule is O=C1CC(C(F)(F)F)S(=O)(=O)c2cc(Cl)ccc21. The molecule has 1 aromatic carbocycles. The maximum Gasteiger partial charge on any atom is 0.406 e. The topological polar surface area (TPSA) is 51.2 Å². The van der Waals surface area contributed by atoms with Crippen LogP contribution in [0.4, 0.5) is 13.2 Å². The number of benzene rings is 1. The Labute approximate surface area is 105 Å². The second kappa shape index (κ2) is 3.96. The molecule has 18 heavy (non-hydrogen) atoms. The summed E-state index contributed by atoms with van der Waals surface area (Å²) in [7, 11) is -4.63. The fourth-order valence-electron chi connectivity index (χ4n) is 1.79. The van der Waals surface area contributed by atoms with E-state index in [1.54, 1.807) is 0 Å². The van der Waals surface area contributed by atoms with Gasteiger partial charge in [-0.25, -0.2) is 8.42 Å². The van der Waals surface area contributed by atoms with Gasteiger partial charge in [0.05, 0.1) is 4.90 Å². The maximum atomic E-state index is 12.6. The summed E-state index contributed by atoms with van der Waals surface area (Å²) in [5, 5.41) is -2.73. The van der Waals surface area contributed by atoms with E-state index in [2.05, 4.69) is 0 Å². The molecule has 1 unspecified atom stereocenters. The molecule has 0 aromatic heterocycles. The molecule has 0 saturated heterocycles. The van der Waals surface area contributed by atoms with Crippen LogP contribution in [0.15, 0.2) is 23.1 Å². The monoisotopic (exact) mass is 298 g/mol. The minimum absolute atomic E-state index is 0.0343. The fourth-order valence-corrected chi connectivity index (χ4v) is 3.84. The van der Waals surface area contributed by atoms with E-state index >= 15 is 0 Å². The Hall–Kier alpha value is -1.08. The van der Waals surface area contributed by atoms with E-state index in [9.17, 15) is 26.4 Å². The molecule has 98 valence electrons. The van der Waals surface area contributed by atoms with Crippen LogP contribution in [0.2, 0.25) is 5.02 Å². The number of Topliss-reactive ketones (excluding diaryl/α,β-unsaturated/α-hetero) is 1. The number of carbonyl (C=O) groups excluding carboxylic acids is 1. The molecular formula is C10H6ClF3O3S. The van der Waals surface area contributed by atoms with Crippen LogP contribution in [0, 0.1) is 0 Å². The zero-order valence-electron chi connectivity index (χ0n) is 8.66. The minimum atomic E-state index is -4.98. The quantitative estimate of drug-likeness (QED) is 0.740. The first kappa shape index (κ1) is 13.4. The highest BCUT2D eigenvalue weighted by Gasteiger charge is 2.53. The van der Waals surface area contributed by atoms with Crippen LogP contribution in [0.25, 0.3) is 0 Å². The number of hydrogen-bond acceptors (Lipinski definition) is 3. The van der Waals surface area contributed by atoms with Crippen molar-refractivity contribution in [2.45, 2.75) is 22.7 Å². The summed E-state index contributed by atoms with van der Waals surface area (Å²) in [6, 6.07) is 3.27. The van der Waals surface area contributed by atoms with Crippen molar-refractivity contribution in [3.63, 3.8) is 0 Å². The van der Waals surface area contributed by atoms with E-state index < -0.39 is 38.4 Å². The fraction of sp³-hybridized carbons (Fsp3) is 0.300. The van der Waals surface area contributed by atoms with E-state index in [4.69, 9.17) is 11.6 Å². The third kappa shape index (κ3) is 2.01. The lowest BCUT2D eigenvalue weighted by molar-refractivity contribution is -0.130. The summed E-state index contributed by atoms with van der Waals surface area (Å²) in [5.74, 6) is -0.848. The van der Waals surface area contributed by atoms with Crippen molar-refractivity contribution in [1.82, 2.24) is 0 Å². The van der Waals surface area contributed by atoms with Gasteiger partial charge in [-0.2, -0.15) is 13.2 Å². The van der Waals surface area contributed by atoms with Gasteiger partial charge in [-0.15, -0.1) is 0 Å². The Bertz CT molecular complexity index is 622. The molecule has 0 aliphatic carbocycles. The molecule has 1 atom stereocenters. The standard InChI is InChI=1S/C10H6ClF3O3S/c11-5-1-2-6-7(15)4-9(10(12,13)14)18(16,17)8(6)3-5/h1-3,9H,4H2. The molecule has 0 amide bonds. The summed E-state index contributed by atoms with van der Waals surface area (Å²) >= 11 is 5.56. The van der Waals surface area contributed by atoms with Crippen molar-refractivity contribution >= 4 is 27.2 Å². The number of fused-ring (bicyclic) bond motifs is 1. The molecule has 3 nitrogen and oxygen atoms in total. The predicted octanol–water partition coefficient (Wildman–Crippen LogP) is 2.63. The summed E-state index contributed by atoms with van der Waals surface area (Å²) in [6.45, 7) is 0. The van der Waals surface area contributed by atoms with Gasteiger partial charge in [0.1, 0.15) is 0 Å². The van der Waals surface area contributed by atoms with E-state index in [1.165, 1.54) is 6.07 Å². The van der Waals surface area contributed by atoms with E-state index in [1.807, 2.05) is 0 Å². The molecule has 0 bridgehead atoms. The minimum Gasteiger partial charge on any atom is -0.294 e. The molecule has 0 fully saturated rings. The van der Waals surface area contributed by atoms with Gasteiger partial charge < -0.3 is 0 Å². The lowest BCUT2D eigenvalue weighted by Gasteiger charge is -2.25. The van der Waals surface area contributed by atoms with Crippen LogP contribution >= 0.6 is 11.6 Å². The third-order valence-electron chi connectivity index (χ3n) is 2.66. The summed E-state index contributed by atoms with van der Waals surface area (Å²) in [6.07, 6.45) is -6.06. The Morgan fingerprint density at radius 2 is 1.89 bits per heavy atom. The summed E-state index contributed by atoms with van der Waals surface area (Å²) in [5.41, 5.74) is -0.236. The Morgan fingerprint density at radius 1 is 1.28 bits per heavy atom. The van der Waals surface area contributed by atoms with Gasteiger partial charge in [0, 0.05) is 17.0 Å². The molecule has 1 aliphatic rings. The maximum absolute atomic E-state index is 12.6.